The van der Waals surface area contributed by atoms with Crippen molar-refractivity contribution in [3.05, 3.63) is 59.3 Å². The van der Waals surface area contributed by atoms with E-state index in [1.165, 1.54) is 0 Å². The minimum absolute atomic E-state index is 0.646. The van der Waals surface area contributed by atoms with Gasteiger partial charge in [0.1, 0.15) is 0 Å². The summed E-state index contributed by atoms with van der Waals surface area (Å²) in [4.78, 5) is 11.9. The van der Waals surface area contributed by atoms with Crippen LogP contribution in [-0.2, 0) is 0 Å². The highest BCUT2D eigenvalue weighted by Gasteiger charge is 2.10. The van der Waals surface area contributed by atoms with Crippen LogP contribution in [0.5, 0.6) is 0 Å². The third kappa shape index (κ3) is 1.86. The summed E-state index contributed by atoms with van der Waals surface area (Å²) in [5.41, 5.74) is 3.91. The molecule has 0 spiro atoms. The zero-order valence-corrected chi connectivity index (χ0v) is 12.2. The van der Waals surface area contributed by atoms with E-state index in [1.807, 2.05) is 48.1 Å². The predicted molar refractivity (Wildman–Crippen MR) is 86.3 cm³/mol. The Kier molecular flexibility index (Phi) is 2.62. The van der Waals surface area contributed by atoms with Crippen molar-refractivity contribution in [1.82, 2.24) is 19.5 Å². The Morgan fingerprint density at radius 3 is 3.00 bits per heavy atom. The van der Waals surface area contributed by atoms with Gasteiger partial charge >= 0.3 is 0 Å². The number of nitrogens with zero attached hydrogens (tertiary/aromatic N) is 3. The van der Waals surface area contributed by atoms with E-state index in [4.69, 9.17) is 12.2 Å². The topological polar surface area (TPSA) is 46.5 Å². The zero-order valence-electron chi connectivity index (χ0n) is 11.4. The summed E-state index contributed by atoms with van der Waals surface area (Å²) in [6.07, 6.45) is 5.50. The molecule has 0 bridgehead atoms. The number of hydrogen-bond donors (Lipinski definition) is 1. The van der Waals surface area contributed by atoms with Crippen molar-refractivity contribution in [3.8, 4) is 5.69 Å². The lowest BCUT2D eigenvalue weighted by atomic mass is 10.1. The molecule has 0 radical (unpaired) electrons. The molecule has 0 unspecified atom stereocenters. The number of aromatic nitrogens is 4. The van der Waals surface area contributed by atoms with Crippen molar-refractivity contribution >= 4 is 34.2 Å². The van der Waals surface area contributed by atoms with Crippen molar-refractivity contribution in [2.45, 2.75) is 6.92 Å². The third-order valence-electron chi connectivity index (χ3n) is 3.56. The molecule has 3 heterocycles. The summed E-state index contributed by atoms with van der Waals surface area (Å²) in [7, 11) is 0. The predicted octanol–water partition coefficient (Wildman–Crippen LogP) is 3.94. The van der Waals surface area contributed by atoms with Crippen LogP contribution in [0.2, 0.25) is 0 Å². The Hall–Kier alpha value is -2.53. The average molecular weight is 292 g/mol. The van der Waals surface area contributed by atoms with Crippen LogP contribution in [0.15, 0.2) is 48.9 Å². The SMILES string of the molecule is Cc1cnc2c(c1)[nH]c(=S)n2-c1cccc2cnccc12. The fourth-order valence-corrected chi connectivity index (χ4v) is 2.92. The number of H-pyrrole nitrogens is 1. The number of benzene rings is 1. The van der Waals surface area contributed by atoms with Gasteiger partial charge in [-0.3, -0.25) is 9.55 Å². The van der Waals surface area contributed by atoms with Crippen LogP contribution in [0.3, 0.4) is 0 Å². The van der Waals surface area contributed by atoms with Crippen LogP contribution >= 0.6 is 12.2 Å². The van der Waals surface area contributed by atoms with Crippen molar-refractivity contribution in [2.24, 2.45) is 0 Å². The second kappa shape index (κ2) is 4.49. The molecule has 102 valence electrons. The number of rotatable bonds is 1. The summed E-state index contributed by atoms with van der Waals surface area (Å²) >= 11 is 5.49. The highest BCUT2D eigenvalue weighted by Crippen LogP contribution is 2.25. The minimum Gasteiger partial charge on any atom is -0.329 e. The van der Waals surface area contributed by atoms with Crippen LogP contribution < -0.4 is 0 Å². The maximum Gasteiger partial charge on any atom is 0.184 e. The fourth-order valence-electron chi connectivity index (χ4n) is 2.62. The largest absolute Gasteiger partial charge is 0.329 e. The lowest BCUT2D eigenvalue weighted by Crippen LogP contribution is -1.97. The molecule has 4 nitrogen and oxygen atoms in total. The molecule has 0 aliphatic rings. The van der Waals surface area contributed by atoms with Gasteiger partial charge in [-0.15, -0.1) is 0 Å². The van der Waals surface area contributed by atoms with Gasteiger partial charge in [0.15, 0.2) is 10.4 Å². The number of aromatic amines is 1. The summed E-state index contributed by atoms with van der Waals surface area (Å²) in [6.45, 7) is 2.02. The summed E-state index contributed by atoms with van der Waals surface area (Å²) in [6, 6.07) is 10.2. The first-order valence-electron chi connectivity index (χ1n) is 6.64. The van der Waals surface area contributed by atoms with Gasteiger partial charge in [-0.05, 0) is 42.9 Å². The van der Waals surface area contributed by atoms with E-state index in [9.17, 15) is 0 Å². The molecule has 0 atom stereocenters. The lowest BCUT2D eigenvalue weighted by molar-refractivity contribution is 1.05. The van der Waals surface area contributed by atoms with E-state index in [0.717, 1.165) is 33.2 Å². The van der Waals surface area contributed by atoms with Gasteiger partial charge in [0.25, 0.3) is 0 Å². The number of hydrogen-bond acceptors (Lipinski definition) is 3. The summed E-state index contributed by atoms with van der Waals surface area (Å²) in [5, 5.41) is 2.19. The van der Waals surface area contributed by atoms with Crippen LogP contribution in [0.1, 0.15) is 5.56 Å². The maximum absolute atomic E-state index is 5.49. The van der Waals surface area contributed by atoms with Gasteiger partial charge in [0, 0.05) is 29.4 Å². The van der Waals surface area contributed by atoms with Gasteiger partial charge < -0.3 is 4.98 Å². The normalized spacial score (nSPS) is 11.3. The number of pyridine rings is 2. The van der Waals surface area contributed by atoms with Crippen LogP contribution in [-0.4, -0.2) is 19.5 Å². The first-order chi connectivity index (χ1) is 10.2. The zero-order chi connectivity index (χ0) is 14.4. The molecule has 4 aromatic rings. The molecule has 21 heavy (non-hydrogen) atoms. The van der Waals surface area contributed by atoms with Crippen molar-refractivity contribution in [3.63, 3.8) is 0 Å². The van der Waals surface area contributed by atoms with Crippen molar-refractivity contribution < 1.29 is 0 Å². The molecule has 5 heteroatoms. The van der Waals surface area contributed by atoms with E-state index >= 15 is 0 Å². The molecule has 0 aliphatic carbocycles. The minimum atomic E-state index is 0.646. The van der Waals surface area contributed by atoms with E-state index in [1.54, 1.807) is 6.20 Å². The highest BCUT2D eigenvalue weighted by atomic mass is 32.1. The molecule has 3 aromatic heterocycles. The number of aryl methyl sites for hydroxylation is 1. The van der Waals surface area contributed by atoms with Gasteiger partial charge in [0.2, 0.25) is 0 Å². The second-order valence-electron chi connectivity index (χ2n) is 5.02. The summed E-state index contributed by atoms with van der Waals surface area (Å²) < 4.78 is 2.62. The molecule has 4 rings (SSSR count). The van der Waals surface area contributed by atoms with Gasteiger partial charge in [-0.1, -0.05) is 12.1 Å². The maximum atomic E-state index is 5.49. The quantitative estimate of drug-likeness (QED) is 0.540. The monoisotopic (exact) mass is 292 g/mol. The molecular weight excluding hydrogens is 280 g/mol. The molecule has 1 aromatic carbocycles. The highest BCUT2D eigenvalue weighted by molar-refractivity contribution is 7.71. The van der Waals surface area contributed by atoms with Crippen molar-refractivity contribution in [2.75, 3.05) is 0 Å². The first-order valence-corrected chi connectivity index (χ1v) is 7.05. The molecule has 0 fully saturated rings. The number of imidazole rings is 1. The van der Waals surface area contributed by atoms with Gasteiger partial charge in [-0.25, -0.2) is 4.98 Å². The fraction of sp³-hybridized carbons (Fsp3) is 0.0625. The van der Waals surface area contributed by atoms with E-state index < -0.39 is 0 Å². The van der Waals surface area contributed by atoms with Gasteiger partial charge in [0.05, 0.1) is 11.2 Å². The number of nitrogens with one attached hydrogen (secondary N) is 1. The molecule has 0 saturated carbocycles. The molecular formula is C16H12N4S. The summed E-state index contributed by atoms with van der Waals surface area (Å²) in [5.74, 6) is 0. The van der Waals surface area contributed by atoms with Gasteiger partial charge in [-0.2, -0.15) is 0 Å². The van der Waals surface area contributed by atoms with E-state index in [-0.39, 0.29) is 0 Å². The smallest absolute Gasteiger partial charge is 0.184 e. The molecule has 0 aliphatic heterocycles. The molecule has 1 N–H and O–H groups in total. The Labute approximate surface area is 126 Å². The second-order valence-corrected chi connectivity index (χ2v) is 5.41. The average Bonchev–Trinajstić information content (AvgIpc) is 2.81. The van der Waals surface area contributed by atoms with E-state index in [2.05, 4.69) is 21.0 Å². The lowest BCUT2D eigenvalue weighted by Gasteiger charge is -2.08. The molecule has 0 saturated heterocycles. The Morgan fingerprint density at radius 1 is 1.19 bits per heavy atom. The molecule has 0 amide bonds. The van der Waals surface area contributed by atoms with E-state index in [0.29, 0.717) is 4.77 Å². The van der Waals surface area contributed by atoms with Crippen LogP contribution in [0, 0.1) is 11.7 Å². The first kappa shape index (κ1) is 12.2. The Bertz CT molecular complexity index is 1020. The van der Waals surface area contributed by atoms with Crippen molar-refractivity contribution in [1.29, 1.82) is 0 Å². The number of fused-ring (bicyclic) bond motifs is 2. The standard InChI is InChI=1S/C16H12N4S/c1-10-7-13-15(18-8-10)20(16(21)19-13)14-4-2-3-11-9-17-6-5-12(11)14/h2-9H,1H3,(H,19,21). The third-order valence-corrected chi connectivity index (χ3v) is 3.84. The Morgan fingerprint density at radius 2 is 2.10 bits per heavy atom. The van der Waals surface area contributed by atoms with Crippen LogP contribution in [0.4, 0.5) is 0 Å². The van der Waals surface area contributed by atoms with Crippen LogP contribution in [0.25, 0.3) is 27.6 Å². The Balaban J connectivity index is 2.14.